The molecule has 2 aliphatic heterocycles. The van der Waals surface area contributed by atoms with Gasteiger partial charge in [0.15, 0.2) is 5.76 Å². The van der Waals surface area contributed by atoms with Gasteiger partial charge < -0.3 is 15.0 Å². The topological polar surface area (TPSA) is 58.6 Å². The molecule has 1 saturated heterocycles. The number of amides is 2. The van der Waals surface area contributed by atoms with Crippen LogP contribution >= 0.6 is 0 Å². The van der Waals surface area contributed by atoms with E-state index in [2.05, 4.69) is 17.4 Å². The van der Waals surface area contributed by atoms with Gasteiger partial charge in [-0.15, -0.1) is 0 Å². The van der Waals surface area contributed by atoms with E-state index in [1.165, 1.54) is 5.56 Å². The number of nitrogens with zero attached hydrogens (tertiary/aromatic N) is 1. The zero-order valence-corrected chi connectivity index (χ0v) is 13.9. The van der Waals surface area contributed by atoms with Gasteiger partial charge in [-0.3, -0.25) is 9.59 Å². The molecule has 5 heteroatoms. The molecule has 1 N–H and O–H groups in total. The molecule has 2 amide bonds. The predicted molar refractivity (Wildman–Crippen MR) is 91.1 cm³/mol. The average Bonchev–Trinajstić information content (AvgIpc) is 2.99. The fourth-order valence-corrected chi connectivity index (χ4v) is 3.16. The molecule has 3 rings (SSSR count). The lowest BCUT2D eigenvalue weighted by Gasteiger charge is -2.18. The number of hydrogen-bond donors (Lipinski definition) is 1. The molecular weight excluding hydrogens is 304 g/mol. The number of carbonyl (C=O) groups excluding carboxylic acids is 2. The van der Waals surface area contributed by atoms with Crippen LogP contribution in [0.15, 0.2) is 42.2 Å². The third-order valence-electron chi connectivity index (χ3n) is 4.52. The van der Waals surface area contributed by atoms with Gasteiger partial charge >= 0.3 is 0 Å². The normalized spacial score (nSPS) is 20.5. The summed E-state index contributed by atoms with van der Waals surface area (Å²) in [5, 5.41) is 2.90. The maximum atomic E-state index is 12.1. The highest BCUT2D eigenvalue weighted by atomic mass is 16.5. The Morgan fingerprint density at radius 3 is 2.88 bits per heavy atom. The highest BCUT2D eigenvalue weighted by Gasteiger charge is 2.29. The van der Waals surface area contributed by atoms with Gasteiger partial charge in [-0.1, -0.05) is 30.3 Å². The maximum absolute atomic E-state index is 12.1. The van der Waals surface area contributed by atoms with Gasteiger partial charge in [0.2, 0.25) is 5.91 Å². The number of nitrogens with one attached hydrogen (secondary N) is 1. The zero-order valence-electron chi connectivity index (χ0n) is 13.9. The SMILES string of the molecule is O=C(NC[C@H]1CC(=O)N(CCc2ccccc2)C1)C1=CCCCO1. The summed E-state index contributed by atoms with van der Waals surface area (Å²) in [6.07, 6.45) is 5.06. The maximum Gasteiger partial charge on any atom is 0.286 e. The minimum Gasteiger partial charge on any atom is -0.488 e. The lowest BCUT2D eigenvalue weighted by molar-refractivity contribution is -0.127. The molecule has 1 fully saturated rings. The van der Waals surface area contributed by atoms with Gasteiger partial charge in [-0.25, -0.2) is 0 Å². The number of hydrogen-bond acceptors (Lipinski definition) is 3. The lowest BCUT2D eigenvalue weighted by Crippen LogP contribution is -2.33. The molecule has 5 nitrogen and oxygen atoms in total. The smallest absolute Gasteiger partial charge is 0.286 e. The molecule has 24 heavy (non-hydrogen) atoms. The number of rotatable bonds is 6. The van der Waals surface area contributed by atoms with Crippen molar-refractivity contribution in [3.8, 4) is 0 Å². The predicted octanol–water partition coefficient (Wildman–Crippen LogP) is 1.89. The van der Waals surface area contributed by atoms with Crippen LogP contribution in [0.4, 0.5) is 0 Å². The van der Waals surface area contributed by atoms with Gasteiger partial charge in [0.1, 0.15) is 0 Å². The van der Waals surface area contributed by atoms with Crippen LogP contribution < -0.4 is 5.32 Å². The van der Waals surface area contributed by atoms with E-state index in [0.717, 1.165) is 25.8 Å². The van der Waals surface area contributed by atoms with E-state index in [-0.39, 0.29) is 17.7 Å². The van der Waals surface area contributed by atoms with Crippen molar-refractivity contribution in [1.29, 1.82) is 0 Å². The first-order valence-corrected chi connectivity index (χ1v) is 8.65. The minimum atomic E-state index is -0.162. The van der Waals surface area contributed by atoms with Crippen LogP contribution in [0.2, 0.25) is 0 Å². The van der Waals surface area contributed by atoms with E-state index in [1.807, 2.05) is 29.2 Å². The number of allylic oxidation sites excluding steroid dienone is 1. The number of likely N-dealkylation sites (tertiary alicyclic amines) is 1. The first-order valence-electron chi connectivity index (χ1n) is 8.65. The first-order chi connectivity index (χ1) is 11.7. The highest BCUT2D eigenvalue weighted by molar-refractivity contribution is 5.91. The second-order valence-corrected chi connectivity index (χ2v) is 6.41. The summed E-state index contributed by atoms with van der Waals surface area (Å²) in [7, 11) is 0. The Hall–Kier alpha value is -2.30. The molecule has 1 aromatic rings. The van der Waals surface area contributed by atoms with E-state index in [9.17, 15) is 9.59 Å². The summed E-state index contributed by atoms with van der Waals surface area (Å²) in [5.41, 5.74) is 1.24. The highest BCUT2D eigenvalue weighted by Crippen LogP contribution is 2.18. The van der Waals surface area contributed by atoms with Gasteiger partial charge in [-0.2, -0.15) is 0 Å². The Morgan fingerprint density at radius 2 is 2.12 bits per heavy atom. The summed E-state index contributed by atoms with van der Waals surface area (Å²) in [6, 6.07) is 10.2. The lowest BCUT2D eigenvalue weighted by atomic mass is 10.1. The fourth-order valence-electron chi connectivity index (χ4n) is 3.16. The Kier molecular flexibility index (Phi) is 5.51. The zero-order chi connectivity index (χ0) is 16.8. The first kappa shape index (κ1) is 16.6. The van der Waals surface area contributed by atoms with Gasteiger partial charge in [0, 0.05) is 32.0 Å². The Morgan fingerprint density at radius 1 is 1.29 bits per heavy atom. The van der Waals surface area contributed by atoms with E-state index in [4.69, 9.17) is 4.74 Å². The van der Waals surface area contributed by atoms with E-state index in [0.29, 0.717) is 31.9 Å². The molecule has 0 aromatic heterocycles. The summed E-state index contributed by atoms with van der Waals surface area (Å²) in [6.45, 7) is 2.58. The Bertz CT molecular complexity index is 612. The molecule has 0 spiro atoms. The minimum absolute atomic E-state index is 0.162. The third kappa shape index (κ3) is 4.37. The van der Waals surface area contributed by atoms with E-state index < -0.39 is 0 Å². The van der Waals surface area contributed by atoms with Gasteiger partial charge in [0.05, 0.1) is 6.61 Å². The van der Waals surface area contributed by atoms with E-state index >= 15 is 0 Å². The number of carbonyl (C=O) groups is 2. The van der Waals surface area contributed by atoms with Crippen molar-refractivity contribution in [3.63, 3.8) is 0 Å². The molecular formula is C19H24N2O3. The summed E-state index contributed by atoms with van der Waals surface area (Å²) in [4.78, 5) is 26.1. The molecule has 2 heterocycles. The van der Waals surface area contributed by atoms with Crippen LogP contribution in [0.3, 0.4) is 0 Å². The molecule has 128 valence electrons. The molecule has 1 aromatic carbocycles. The van der Waals surface area contributed by atoms with Crippen molar-refractivity contribution in [3.05, 3.63) is 47.7 Å². The van der Waals surface area contributed by atoms with Crippen molar-refractivity contribution in [2.24, 2.45) is 5.92 Å². The summed E-state index contributed by atoms with van der Waals surface area (Å²) < 4.78 is 5.36. The van der Waals surface area contributed by atoms with Crippen molar-refractivity contribution in [1.82, 2.24) is 10.2 Å². The summed E-state index contributed by atoms with van der Waals surface area (Å²) >= 11 is 0. The van der Waals surface area contributed by atoms with Crippen molar-refractivity contribution >= 4 is 11.8 Å². The second kappa shape index (κ2) is 7.99. The quantitative estimate of drug-likeness (QED) is 0.867. The third-order valence-corrected chi connectivity index (χ3v) is 4.52. The standard InChI is InChI=1S/C19H24N2O3/c22-18-12-16(13-20-19(23)17-8-4-5-11-24-17)14-21(18)10-9-15-6-2-1-3-7-15/h1-3,6-8,16H,4-5,9-14H2,(H,20,23)/t16-/m1/s1. The molecule has 0 bridgehead atoms. The number of ether oxygens (including phenoxy) is 1. The summed E-state index contributed by atoms with van der Waals surface area (Å²) in [5.74, 6) is 0.621. The van der Waals surface area contributed by atoms with Crippen LogP contribution in [0.25, 0.3) is 0 Å². The number of benzene rings is 1. The molecule has 0 unspecified atom stereocenters. The van der Waals surface area contributed by atoms with Crippen LogP contribution in [-0.2, 0) is 20.7 Å². The fraction of sp³-hybridized carbons (Fsp3) is 0.474. The molecule has 0 radical (unpaired) electrons. The monoisotopic (exact) mass is 328 g/mol. The van der Waals surface area contributed by atoms with Gasteiger partial charge in [-0.05, 0) is 30.9 Å². The van der Waals surface area contributed by atoms with Crippen LogP contribution in [0.1, 0.15) is 24.8 Å². The van der Waals surface area contributed by atoms with Crippen molar-refractivity contribution < 1.29 is 14.3 Å². The van der Waals surface area contributed by atoms with Crippen molar-refractivity contribution in [2.45, 2.75) is 25.7 Å². The van der Waals surface area contributed by atoms with Crippen LogP contribution in [0.5, 0.6) is 0 Å². The largest absolute Gasteiger partial charge is 0.488 e. The second-order valence-electron chi connectivity index (χ2n) is 6.41. The Labute approximate surface area is 142 Å². The molecule has 1 atom stereocenters. The molecule has 0 aliphatic carbocycles. The average molecular weight is 328 g/mol. The van der Waals surface area contributed by atoms with Crippen molar-refractivity contribution in [2.75, 3.05) is 26.2 Å². The van der Waals surface area contributed by atoms with Gasteiger partial charge in [0.25, 0.3) is 5.91 Å². The molecule has 0 saturated carbocycles. The van der Waals surface area contributed by atoms with Crippen LogP contribution in [-0.4, -0.2) is 43.0 Å². The van der Waals surface area contributed by atoms with E-state index in [1.54, 1.807) is 0 Å². The Balaban J connectivity index is 1.43. The molecule has 2 aliphatic rings. The van der Waals surface area contributed by atoms with Crippen LogP contribution in [0, 0.1) is 5.92 Å².